The quantitative estimate of drug-likeness (QED) is 0.778. The number of nitrogens with two attached hydrogens (primary N) is 1. The largest absolute Gasteiger partial charge is 0.397 e. The van der Waals surface area contributed by atoms with Crippen molar-refractivity contribution < 1.29 is 9.47 Å². The van der Waals surface area contributed by atoms with Crippen LogP contribution in [0.4, 0.5) is 11.4 Å². The molecule has 0 aliphatic carbocycles. The fourth-order valence-corrected chi connectivity index (χ4v) is 2.17. The number of rotatable bonds is 3. The highest BCUT2D eigenvalue weighted by atomic mass is 16.5. The summed E-state index contributed by atoms with van der Waals surface area (Å²) in [5.41, 5.74) is 7.81. The summed E-state index contributed by atoms with van der Waals surface area (Å²) in [4.78, 5) is 2.21. The van der Waals surface area contributed by atoms with Gasteiger partial charge in [-0.05, 0) is 12.1 Å². The topological polar surface area (TPSA) is 47.7 Å². The van der Waals surface area contributed by atoms with E-state index in [0.717, 1.165) is 24.5 Å². The second-order valence-corrected chi connectivity index (χ2v) is 4.01. The number of methoxy groups -OCH3 is 2. The van der Waals surface area contributed by atoms with Crippen molar-refractivity contribution in [3.8, 4) is 0 Å². The Morgan fingerprint density at radius 2 is 1.69 bits per heavy atom. The fraction of sp³-hybridized carbons (Fsp3) is 0.500. The fourth-order valence-electron chi connectivity index (χ4n) is 2.17. The van der Waals surface area contributed by atoms with Crippen molar-refractivity contribution in [3.63, 3.8) is 0 Å². The van der Waals surface area contributed by atoms with E-state index in [9.17, 15) is 0 Å². The molecule has 2 rings (SSSR count). The molecule has 0 saturated carbocycles. The number of hydrogen-bond acceptors (Lipinski definition) is 4. The van der Waals surface area contributed by atoms with Crippen LogP contribution in [0.15, 0.2) is 24.3 Å². The molecule has 2 atom stereocenters. The molecule has 1 aliphatic rings. The van der Waals surface area contributed by atoms with Crippen LogP contribution < -0.4 is 10.6 Å². The van der Waals surface area contributed by atoms with Crippen molar-refractivity contribution in [2.75, 3.05) is 37.9 Å². The average molecular weight is 222 g/mol. The lowest BCUT2D eigenvalue weighted by Crippen LogP contribution is -2.27. The minimum atomic E-state index is 0.115. The molecule has 2 N–H and O–H groups in total. The maximum atomic E-state index is 5.95. The Morgan fingerprint density at radius 1 is 1.12 bits per heavy atom. The molecule has 88 valence electrons. The van der Waals surface area contributed by atoms with Gasteiger partial charge in [-0.3, -0.25) is 0 Å². The minimum Gasteiger partial charge on any atom is -0.397 e. The molecule has 0 bridgehead atoms. The standard InChI is InChI=1S/C12H18N2O2/c1-15-11-7-14(8-12(11)16-2)10-6-4-3-5-9(10)13/h3-6,11-12H,7-8,13H2,1-2H3/t11-,12+. The van der Waals surface area contributed by atoms with E-state index in [-0.39, 0.29) is 12.2 Å². The van der Waals surface area contributed by atoms with Gasteiger partial charge in [-0.25, -0.2) is 0 Å². The summed E-state index contributed by atoms with van der Waals surface area (Å²) in [6.45, 7) is 1.65. The summed E-state index contributed by atoms with van der Waals surface area (Å²) in [7, 11) is 3.43. The lowest BCUT2D eigenvalue weighted by atomic mass is 10.2. The highest BCUT2D eigenvalue weighted by Gasteiger charge is 2.33. The number of ether oxygens (including phenoxy) is 2. The molecule has 16 heavy (non-hydrogen) atoms. The summed E-state index contributed by atoms with van der Waals surface area (Å²) in [5, 5.41) is 0. The van der Waals surface area contributed by atoms with Gasteiger partial charge < -0.3 is 20.1 Å². The summed E-state index contributed by atoms with van der Waals surface area (Å²) in [6.07, 6.45) is 0.231. The normalized spacial score (nSPS) is 25.0. The van der Waals surface area contributed by atoms with Gasteiger partial charge in [-0.15, -0.1) is 0 Å². The van der Waals surface area contributed by atoms with E-state index in [4.69, 9.17) is 15.2 Å². The second kappa shape index (κ2) is 4.72. The summed E-state index contributed by atoms with van der Waals surface area (Å²) in [5.74, 6) is 0. The lowest BCUT2D eigenvalue weighted by molar-refractivity contribution is -0.00461. The third-order valence-electron chi connectivity index (χ3n) is 3.10. The Labute approximate surface area is 95.9 Å². The average Bonchev–Trinajstić information content (AvgIpc) is 2.72. The van der Waals surface area contributed by atoms with Crippen LogP contribution >= 0.6 is 0 Å². The van der Waals surface area contributed by atoms with Crippen LogP contribution in [0.5, 0.6) is 0 Å². The summed E-state index contributed by atoms with van der Waals surface area (Å²) >= 11 is 0. The Morgan fingerprint density at radius 3 is 2.19 bits per heavy atom. The zero-order valence-electron chi connectivity index (χ0n) is 9.72. The Bertz CT molecular complexity index is 345. The van der Waals surface area contributed by atoms with Crippen molar-refractivity contribution >= 4 is 11.4 Å². The molecule has 0 unspecified atom stereocenters. The molecule has 0 aromatic heterocycles. The third kappa shape index (κ3) is 1.99. The monoisotopic (exact) mass is 222 g/mol. The van der Waals surface area contributed by atoms with Gasteiger partial charge in [-0.2, -0.15) is 0 Å². The Hall–Kier alpha value is -1.26. The smallest absolute Gasteiger partial charge is 0.102 e. The Kier molecular flexibility index (Phi) is 3.31. The van der Waals surface area contributed by atoms with Crippen molar-refractivity contribution in [2.45, 2.75) is 12.2 Å². The van der Waals surface area contributed by atoms with E-state index in [0.29, 0.717) is 0 Å². The number of hydrogen-bond donors (Lipinski definition) is 1. The molecule has 1 saturated heterocycles. The molecule has 4 nitrogen and oxygen atoms in total. The highest BCUT2D eigenvalue weighted by Crippen LogP contribution is 2.27. The molecule has 1 aromatic carbocycles. The summed E-state index contributed by atoms with van der Waals surface area (Å²) in [6, 6.07) is 7.88. The molecule has 1 aromatic rings. The third-order valence-corrected chi connectivity index (χ3v) is 3.10. The van der Waals surface area contributed by atoms with Crippen LogP contribution in [0.1, 0.15) is 0 Å². The number of anilines is 2. The molecular formula is C12H18N2O2. The predicted molar refractivity (Wildman–Crippen MR) is 64.7 cm³/mol. The lowest BCUT2D eigenvalue weighted by Gasteiger charge is -2.19. The molecular weight excluding hydrogens is 204 g/mol. The maximum absolute atomic E-state index is 5.95. The van der Waals surface area contributed by atoms with Crippen LogP contribution in [-0.2, 0) is 9.47 Å². The highest BCUT2D eigenvalue weighted by molar-refractivity contribution is 5.67. The molecule has 0 amide bonds. The number of benzene rings is 1. The van der Waals surface area contributed by atoms with Crippen LogP contribution in [0, 0.1) is 0 Å². The van der Waals surface area contributed by atoms with Gasteiger partial charge in [0.15, 0.2) is 0 Å². The number of para-hydroxylation sites is 2. The van der Waals surface area contributed by atoms with Crippen LogP contribution in [0.25, 0.3) is 0 Å². The van der Waals surface area contributed by atoms with Gasteiger partial charge in [0.25, 0.3) is 0 Å². The van der Waals surface area contributed by atoms with Crippen molar-refractivity contribution in [2.24, 2.45) is 0 Å². The maximum Gasteiger partial charge on any atom is 0.102 e. The van der Waals surface area contributed by atoms with Crippen LogP contribution in [0.2, 0.25) is 0 Å². The first-order valence-corrected chi connectivity index (χ1v) is 5.41. The molecule has 1 fully saturated rings. The molecule has 1 aliphatic heterocycles. The SMILES string of the molecule is CO[C@H]1CN(c2ccccc2N)C[C@H]1OC. The summed E-state index contributed by atoms with van der Waals surface area (Å²) < 4.78 is 10.8. The van der Waals surface area contributed by atoms with Gasteiger partial charge in [0.1, 0.15) is 12.2 Å². The second-order valence-electron chi connectivity index (χ2n) is 4.01. The Balaban J connectivity index is 2.16. The van der Waals surface area contributed by atoms with Gasteiger partial charge >= 0.3 is 0 Å². The molecule has 1 heterocycles. The first kappa shape index (κ1) is 11.2. The van der Waals surface area contributed by atoms with Crippen molar-refractivity contribution in [3.05, 3.63) is 24.3 Å². The zero-order chi connectivity index (χ0) is 11.5. The van der Waals surface area contributed by atoms with E-state index in [1.165, 1.54) is 0 Å². The molecule has 0 spiro atoms. The van der Waals surface area contributed by atoms with Crippen LogP contribution in [-0.4, -0.2) is 39.5 Å². The minimum absolute atomic E-state index is 0.115. The van der Waals surface area contributed by atoms with Crippen LogP contribution in [0.3, 0.4) is 0 Å². The predicted octanol–water partition coefficient (Wildman–Crippen LogP) is 1.12. The zero-order valence-corrected chi connectivity index (χ0v) is 9.72. The first-order chi connectivity index (χ1) is 7.76. The van der Waals surface area contributed by atoms with Crippen molar-refractivity contribution in [1.29, 1.82) is 0 Å². The van der Waals surface area contributed by atoms with Crippen molar-refractivity contribution in [1.82, 2.24) is 0 Å². The first-order valence-electron chi connectivity index (χ1n) is 5.41. The van der Waals surface area contributed by atoms with Gasteiger partial charge in [-0.1, -0.05) is 12.1 Å². The van der Waals surface area contributed by atoms with E-state index in [1.807, 2.05) is 24.3 Å². The molecule has 0 radical (unpaired) electrons. The van der Waals surface area contributed by atoms with E-state index < -0.39 is 0 Å². The number of nitrogen functional groups attached to an aromatic ring is 1. The molecule has 4 heteroatoms. The van der Waals surface area contributed by atoms with E-state index in [2.05, 4.69) is 4.90 Å². The van der Waals surface area contributed by atoms with Gasteiger partial charge in [0, 0.05) is 27.3 Å². The van der Waals surface area contributed by atoms with Gasteiger partial charge in [0.2, 0.25) is 0 Å². The van der Waals surface area contributed by atoms with E-state index in [1.54, 1.807) is 14.2 Å². The van der Waals surface area contributed by atoms with E-state index >= 15 is 0 Å². The number of nitrogens with zero attached hydrogens (tertiary/aromatic N) is 1. The van der Waals surface area contributed by atoms with Gasteiger partial charge in [0.05, 0.1) is 11.4 Å².